The molecule has 1 atom stereocenters. The van der Waals surface area contributed by atoms with Gasteiger partial charge in [-0.3, -0.25) is 10.3 Å². The number of anilines is 2. The molecule has 162 valence electrons. The number of piperidine rings is 1. The Bertz CT molecular complexity index is 993. The molecule has 1 aromatic rings. The molecule has 2 N–H and O–H groups in total. The lowest BCUT2D eigenvalue weighted by Gasteiger charge is -2.61. The molecule has 6 heteroatoms. The zero-order chi connectivity index (χ0) is 21.2. The third-order valence-electron chi connectivity index (χ3n) is 7.70. The number of aliphatic imine (C=N–C) groups is 1. The molecule has 1 spiro atoms. The summed E-state index contributed by atoms with van der Waals surface area (Å²) in [6.45, 7) is 13.2. The fourth-order valence-corrected chi connectivity index (χ4v) is 6.30. The SMILES string of the molecule is C=C1C=Cc2cccc(N3NC(C4CCCN(C5CC6(C5)CN(C)C6)C4)=NC3=C)c2N1. The Hall–Kier alpha value is -2.57. The molecule has 0 aromatic heterocycles. The summed E-state index contributed by atoms with van der Waals surface area (Å²) < 4.78 is 0. The van der Waals surface area contributed by atoms with Gasteiger partial charge in [0.15, 0.2) is 0 Å². The van der Waals surface area contributed by atoms with Crippen LogP contribution in [0, 0.1) is 11.3 Å². The smallest absolute Gasteiger partial charge is 0.146 e. The second-order valence-corrected chi connectivity index (χ2v) is 10.2. The maximum atomic E-state index is 4.88. The largest absolute Gasteiger partial charge is 0.354 e. The summed E-state index contributed by atoms with van der Waals surface area (Å²) in [5.41, 5.74) is 8.36. The number of allylic oxidation sites excluding steroid dienone is 1. The number of hydrogen-bond acceptors (Lipinski definition) is 6. The van der Waals surface area contributed by atoms with Gasteiger partial charge in [-0.2, -0.15) is 0 Å². The average Bonchev–Trinajstić information content (AvgIpc) is 3.10. The number of hydrazine groups is 1. The van der Waals surface area contributed by atoms with Gasteiger partial charge in [0.2, 0.25) is 0 Å². The Balaban J connectivity index is 1.14. The zero-order valence-electron chi connectivity index (χ0n) is 18.4. The van der Waals surface area contributed by atoms with Crippen LogP contribution in [-0.2, 0) is 0 Å². The maximum absolute atomic E-state index is 4.88. The van der Waals surface area contributed by atoms with Crippen LogP contribution in [0.3, 0.4) is 0 Å². The number of nitrogens with zero attached hydrogens (tertiary/aromatic N) is 4. The van der Waals surface area contributed by atoms with Crippen molar-refractivity contribution in [2.45, 2.75) is 31.7 Å². The average molecular weight is 417 g/mol. The van der Waals surface area contributed by atoms with Crippen LogP contribution in [0.5, 0.6) is 0 Å². The van der Waals surface area contributed by atoms with E-state index in [-0.39, 0.29) is 0 Å². The van der Waals surface area contributed by atoms with Crippen molar-refractivity contribution >= 4 is 23.3 Å². The van der Waals surface area contributed by atoms with Crippen LogP contribution >= 0.6 is 0 Å². The van der Waals surface area contributed by atoms with Crippen LogP contribution in [0.4, 0.5) is 11.4 Å². The number of amidine groups is 1. The Morgan fingerprint density at radius 2 is 2.00 bits per heavy atom. The summed E-state index contributed by atoms with van der Waals surface area (Å²) in [7, 11) is 2.24. The maximum Gasteiger partial charge on any atom is 0.146 e. The predicted octanol–water partition coefficient (Wildman–Crippen LogP) is 3.64. The van der Waals surface area contributed by atoms with Gasteiger partial charge < -0.3 is 10.2 Å². The molecule has 0 amide bonds. The molecule has 5 aliphatic rings. The van der Waals surface area contributed by atoms with E-state index < -0.39 is 0 Å². The van der Waals surface area contributed by atoms with Crippen LogP contribution in [0.1, 0.15) is 31.2 Å². The standard InChI is InChI=1S/C25H32N6/c1-17-9-10-19-6-4-8-22(23(19)26-17)31-18(2)27-24(28-31)20-7-5-11-30(14-20)21-12-25(13-21)15-29(3)16-25/h4,6,8-10,20-21,26H,1-2,5,7,11-16H2,3H3,(H,27,28). The molecular weight excluding hydrogens is 384 g/mol. The van der Waals surface area contributed by atoms with Crippen LogP contribution in [0.15, 0.2) is 53.9 Å². The second kappa shape index (κ2) is 6.97. The van der Waals surface area contributed by atoms with Crippen molar-refractivity contribution in [3.05, 3.63) is 54.5 Å². The van der Waals surface area contributed by atoms with Crippen molar-refractivity contribution in [3.8, 4) is 0 Å². The van der Waals surface area contributed by atoms with Crippen molar-refractivity contribution < 1.29 is 0 Å². The van der Waals surface area contributed by atoms with Gasteiger partial charge in [-0.1, -0.05) is 31.4 Å². The third kappa shape index (κ3) is 3.20. The minimum absolute atomic E-state index is 0.443. The number of likely N-dealkylation sites (tertiary alicyclic amines) is 2. The van der Waals surface area contributed by atoms with Crippen molar-refractivity contribution in [2.75, 3.05) is 43.6 Å². The summed E-state index contributed by atoms with van der Waals surface area (Å²) in [5.74, 6) is 2.26. The molecule has 1 aromatic carbocycles. The lowest BCUT2D eigenvalue weighted by atomic mass is 9.60. The van der Waals surface area contributed by atoms with Gasteiger partial charge in [0.1, 0.15) is 11.7 Å². The van der Waals surface area contributed by atoms with E-state index in [1.807, 2.05) is 11.1 Å². The Morgan fingerprint density at radius 1 is 1.16 bits per heavy atom. The van der Waals surface area contributed by atoms with Crippen LogP contribution in [0.2, 0.25) is 0 Å². The minimum Gasteiger partial charge on any atom is -0.354 e. The summed E-state index contributed by atoms with van der Waals surface area (Å²) >= 11 is 0. The van der Waals surface area contributed by atoms with E-state index in [0.29, 0.717) is 11.3 Å². The van der Waals surface area contributed by atoms with Crippen LogP contribution < -0.4 is 15.8 Å². The second-order valence-electron chi connectivity index (χ2n) is 10.2. The third-order valence-corrected chi connectivity index (χ3v) is 7.70. The first-order valence-electron chi connectivity index (χ1n) is 11.5. The molecular formula is C25H32N6. The molecule has 6 rings (SSSR count). The van der Waals surface area contributed by atoms with E-state index in [2.05, 4.69) is 65.0 Å². The van der Waals surface area contributed by atoms with E-state index in [9.17, 15) is 0 Å². The van der Waals surface area contributed by atoms with Crippen molar-refractivity contribution in [1.82, 2.24) is 15.2 Å². The van der Waals surface area contributed by atoms with Crippen molar-refractivity contribution in [3.63, 3.8) is 0 Å². The van der Waals surface area contributed by atoms with E-state index in [4.69, 9.17) is 4.99 Å². The highest BCUT2D eigenvalue weighted by Crippen LogP contribution is 2.50. The lowest BCUT2D eigenvalue weighted by Crippen LogP contribution is -2.66. The van der Waals surface area contributed by atoms with Gasteiger partial charge in [0.25, 0.3) is 0 Å². The minimum atomic E-state index is 0.443. The van der Waals surface area contributed by atoms with Gasteiger partial charge >= 0.3 is 0 Å². The molecule has 1 aliphatic carbocycles. The predicted molar refractivity (Wildman–Crippen MR) is 128 cm³/mol. The lowest BCUT2D eigenvalue weighted by molar-refractivity contribution is -0.103. The Kier molecular flexibility index (Phi) is 4.30. The molecule has 0 radical (unpaired) electrons. The van der Waals surface area contributed by atoms with Crippen molar-refractivity contribution in [1.29, 1.82) is 0 Å². The van der Waals surface area contributed by atoms with Gasteiger partial charge in [-0.15, -0.1) is 0 Å². The van der Waals surface area contributed by atoms with Crippen LogP contribution in [-0.4, -0.2) is 54.9 Å². The van der Waals surface area contributed by atoms with E-state index in [0.717, 1.165) is 46.9 Å². The summed E-state index contributed by atoms with van der Waals surface area (Å²) in [4.78, 5) is 10.1. The van der Waals surface area contributed by atoms with Gasteiger partial charge in [-0.05, 0) is 56.8 Å². The summed E-state index contributed by atoms with van der Waals surface area (Å²) in [5, 5.41) is 5.44. The normalized spacial score (nSPS) is 28.0. The first kappa shape index (κ1) is 19.1. The number of benzene rings is 1. The summed E-state index contributed by atoms with van der Waals surface area (Å²) in [6.07, 6.45) is 9.29. The number of para-hydroxylation sites is 1. The molecule has 0 bridgehead atoms. The molecule has 1 saturated carbocycles. The Labute approximate surface area is 185 Å². The zero-order valence-corrected chi connectivity index (χ0v) is 18.4. The number of fused-ring (bicyclic) bond motifs is 1. The monoisotopic (exact) mass is 416 g/mol. The molecule has 6 nitrogen and oxygen atoms in total. The highest BCUT2D eigenvalue weighted by molar-refractivity contribution is 5.94. The van der Waals surface area contributed by atoms with Crippen LogP contribution in [0.25, 0.3) is 6.08 Å². The van der Waals surface area contributed by atoms with E-state index in [1.54, 1.807) is 0 Å². The molecule has 3 fully saturated rings. The first-order chi connectivity index (χ1) is 15.0. The Morgan fingerprint density at radius 3 is 2.81 bits per heavy atom. The molecule has 4 aliphatic heterocycles. The first-order valence-corrected chi connectivity index (χ1v) is 11.5. The van der Waals surface area contributed by atoms with Gasteiger partial charge in [0, 0.05) is 42.9 Å². The van der Waals surface area contributed by atoms with Gasteiger partial charge in [0.05, 0.1) is 11.4 Å². The highest BCUT2D eigenvalue weighted by atomic mass is 15.6. The molecule has 31 heavy (non-hydrogen) atoms. The van der Waals surface area contributed by atoms with E-state index in [1.165, 1.54) is 45.3 Å². The van der Waals surface area contributed by atoms with Gasteiger partial charge in [-0.25, -0.2) is 10.0 Å². The number of hydrogen-bond donors (Lipinski definition) is 2. The fourth-order valence-electron chi connectivity index (χ4n) is 6.30. The van der Waals surface area contributed by atoms with Crippen molar-refractivity contribution in [2.24, 2.45) is 16.3 Å². The van der Waals surface area contributed by atoms with E-state index >= 15 is 0 Å². The summed E-state index contributed by atoms with van der Waals surface area (Å²) in [6, 6.07) is 7.06. The topological polar surface area (TPSA) is 46.1 Å². The fraction of sp³-hybridized carbons (Fsp3) is 0.480. The number of rotatable bonds is 3. The quantitative estimate of drug-likeness (QED) is 0.788. The highest BCUT2D eigenvalue weighted by Gasteiger charge is 2.53. The molecule has 2 saturated heterocycles. The molecule has 4 heterocycles. The number of nitrogens with one attached hydrogen (secondary N) is 2. The molecule has 1 unspecified atom stereocenters.